The van der Waals surface area contributed by atoms with E-state index in [2.05, 4.69) is 5.32 Å². The summed E-state index contributed by atoms with van der Waals surface area (Å²) in [5.41, 5.74) is 2.72. The maximum Gasteiger partial charge on any atom is 0.308 e. The van der Waals surface area contributed by atoms with Crippen molar-refractivity contribution in [1.82, 2.24) is 4.57 Å². The number of imide groups is 1. The number of hydrogen-bond donors (Lipinski definition) is 1. The van der Waals surface area contributed by atoms with Gasteiger partial charge in [0.05, 0.1) is 16.6 Å². The van der Waals surface area contributed by atoms with Crippen LogP contribution < -0.4 is 15.1 Å². The quantitative estimate of drug-likeness (QED) is 0.249. The molecule has 3 atom stereocenters. The number of aryl methyl sites for hydroxylation is 1. The third-order valence-corrected chi connectivity index (χ3v) is 10.5. The molecule has 1 saturated heterocycles. The Kier molecular flexibility index (Phi) is 6.75. The number of anilines is 2. The molecule has 1 aromatic heterocycles. The van der Waals surface area contributed by atoms with Gasteiger partial charge in [-0.2, -0.15) is 0 Å². The molecule has 10 heteroatoms. The van der Waals surface area contributed by atoms with Crippen molar-refractivity contribution >= 4 is 63.0 Å². The van der Waals surface area contributed by atoms with Crippen molar-refractivity contribution in [2.24, 2.45) is 5.92 Å². The first-order valence-corrected chi connectivity index (χ1v) is 15.4. The number of hydrogen-bond acceptors (Lipinski definition) is 6. The minimum atomic E-state index is -0.822. The van der Waals surface area contributed by atoms with Gasteiger partial charge in [-0.15, -0.1) is 0 Å². The fourth-order valence-electron chi connectivity index (χ4n) is 5.90. The van der Waals surface area contributed by atoms with Gasteiger partial charge in [0, 0.05) is 21.9 Å². The molecule has 0 saturated carbocycles. The van der Waals surface area contributed by atoms with Crippen LogP contribution in [0.1, 0.15) is 21.9 Å². The minimum Gasteiger partial charge on any atom is -0.324 e. The number of aromatic nitrogens is 1. The third kappa shape index (κ3) is 4.67. The average molecular weight is 610 g/mol. The molecular formula is C33H24FN3O4S2. The maximum absolute atomic E-state index is 13.9. The highest BCUT2D eigenvalue weighted by molar-refractivity contribution is 8.00. The van der Waals surface area contributed by atoms with Gasteiger partial charge in [-0.05, 0) is 48.2 Å². The molecule has 4 aromatic carbocycles. The summed E-state index contributed by atoms with van der Waals surface area (Å²) >= 11 is 2.10. The van der Waals surface area contributed by atoms with Crippen LogP contribution >= 0.6 is 23.1 Å². The van der Waals surface area contributed by atoms with Crippen molar-refractivity contribution in [3.8, 4) is 0 Å². The molecule has 3 amide bonds. The van der Waals surface area contributed by atoms with Crippen LogP contribution in [0.3, 0.4) is 0 Å². The molecule has 5 aromatic rings. The fourth-order valence-corrected chi connectivity index (χ4v) is 8.67. The van der Waals surface area contributed by atoms with E-state index in [9.17, 15) is 23.6 Å². The van der Waals surface area contributed by atoms with Crippen LogP contribution in [-0.2, 0) is 20.9 Å². The van der Waals surface area contributed by atoms with E-state index in [0.717, 1.165) is 39.4 Å². The number of amides is 3. The Labute approximate surface area is 254 Å². The Balaban J connectivity index is 1.28. The third-order valence-electron chi connectivity index (χ3n) is 7.94. The predicted octanol–water partition coefficient (Wildman–Crippen LogP) is 5.95. The van der Waals surface area contributed by atoms with E-state index in [-0.39, 0.29) is 23.2 Å². The molecule has 2 aliphatic rings. The largest absolute Gasteiger partial charge is 0.324 e. The van der Waals surface area contributed by atoms with Gasteiger partial charge in [-0.1, -0.05) is 89.3 Å². The van der Waals surface area contributed by atoms with Crippen molar-refractivity contribution < 1.29 is 18.8 Å². The zero-order valence-electron chi connectivity index (χ0n) is 22.8. The summed E-state index contributed by atoms with van der Waals surface area (Å²) in [5, 5.41) is 4.43. The number of thioether (sulfide) groups is 1. The topological polar surface area (TPSA) is 88.5 Å². The lowest BCUT2D eigenvalue weighted by atomic mass is 9.83. The Bertz CT molecular complexity index is 1980. The average Bonchev–Trinajstić information content (AvgIpc) is 3.44. The Hall–Kier alpha value is -4.54. The van der Waals surface area contributed by atoms with Gasteiger partial charge in [0.1, 0.15) is 17.6 Å². The number of fused-ring (bicyclic) bond motifs is 3. The van der Waals surface area contributed by atoms with E-state index < -0.39 is 28.8 Å². The molecule has 0 radical (unpaired) electrons. The maximum atomic E-state index is 13.9. The first kappa shape index (κ1) is 27.3. The van der Waals surface area contributed by atoms with E-state index >= 15 is 0 Å². The number of nitrogens with one attached hydrogen (secondary N) is 1. The van der Waals surface area contributed by atoms with Gasteiger partial charge in [0.15, 0.2) is 0 Å². The lowest BCUT2D eigenvalue weighted by Crippen LogP contribution is -2.33. The van der Waals surface area contributed by atoms with E-state index in [1.165, 1.54) is 21.6 Å². The summed E-state index contributed by atoms with van der Waals surface area (Å²) < 4.78 is 15.3. The number of carbonyl (C=O) groups excluding carboxylic acids is 3. The molecule has 0 spiro atoms. The smallest absolute Gasteiger partial charge is 0.308 e. The number of carbonyl (C=O) groups is 3. The molecule has 43 heavy (non-hydrogen) atoms. The predicted molar refractivity (Wildman–Crippen MR) is 166 cm³/mol. The van der Waals surface area contributed by atoms with Gasteiger partial charge in [-0.3, -0.25) is 23.7 Å². The van der Waals surface area contributed by atoms with Crippen molar-refractivity contribution in [1.29, 1.82) is 0 Å². The van der Waals surface area contributed by atoms with Crippen LogP contribution in [-0.4, -0.2) is 27.5 Å². The summed E-state index contributed by atoms with van der Waals surface area (Å²) in [4.78, 5) is 55.9. The fraction of sp³-hybridized carbons (Fsp3) is 0.152. The van der Waals surface area contributed by atoms with Gasteiger partial charge < -0.3 is 5.32 Å². The van der Waals surface area contributed by atoms with Crippen LogP contribution in [0.5, 0.6) is 0 Å². The van der Waals surface area contributed by atoms with Crippen LogP contribution in [0.25, 0.3) is 10.8 Å². The van der Waals surface area contributed by atoms with E-state index in [4.69, 9.17) is 0 Å². The van der Waals surface area contributed by atoms with Gasteiger partial charge in [0.2, 0.25) is 17.7 Å². The molecule has 3 heterocycles. The molecule has 1 N–H and O–H groups in total. The first-order chi connectivity index (χ1) is 20.8. The molecular weight excluding hydrogens is 586 g/mol. The molecule has 2 aliphatic heterocycles. The first-order valence-electron chi connectivity index (χ1n) is 13.7. The number of rotatable bonds is 5. The monoisotopic (exact) mass is 609 g/mol. The highest BCUT2D eigenvalue weighted by Gasteiger charge is 2.56. The molecule has 1 fully saturated rings. The van der Waals surface area contributed by atoms with Gasteiger partial charge >= 0.3 is 4.87 Å². The summed E-state index contributed by atoms with van der Waals surface area (Å²) in [6.07, 6.45) is 0. The highest BCUT2D eigenvalue weighted by Crippen LogP contribution is 2.53. The van der Waals surface area contributed by atoms with Crippen LogP contribution in [0.4, 0.5) is 15.8 Å². The van der Waals surface area contributed by atoms with Gasteiger partial charge in [-0.25, -0.2) is 9.29 Å². The second-order valence-corrected chi connectivity index (χ2v) is 12.8. The lowest BCUT2D eigenvalue weighted by molar-refractivity contribution is -0.122. The lowest BCUT2D eigenvalue weighted by Gasteiger charge is -2.30. The van der Waals surface area contributed by atoms with Crippen LogP contribution in [0.15, 0.2) is 101 Å². The number of halogens is 1. The zero-order valence-corrected chi connectivity index (χ0v) is 24.5. The minimum absolute atomic E-state index is 0.266. The number of benzene rings is 4. The normalized spacial score (nSPS) is 19.4. The second-order valence-electron chi connectivity index (χ2n) is 10.6. The molecule has 0 unspecified atom stereocenters. The second kappa shape index (κ2) is 10.6. The van der Waals surface area contributed by atoms with Crippen LogP contribution in [0.2, 0.25) is 0 Å². The Morgan fingerprint density at radius 2 is 1.60 bits per heavy atom. The summed E-state index contributed by atoms with van der Waals surface area (Å²) in [6, 6.07) is 26.2. The summed E-state index contributed by atoms with van der Waals surface area (Å²) in [7, 11) is 0. The van der Waals surface area contributed by atoms with Crippen molar-refractivity contribution in [3.63, 3.8) is 0 Å². The van der Waals surface area contributed by atoms with Gasteiger partial charge in [0.25, 0.3) is 0 Å². The van der Waals surface area contributed by atoms with Crippen molar-refractivity contribution in [3.05, 3.63) is 122 Å². The number of thiazole rings is 1. The highest BCUT2D eigenvalue weighted by atomic mass is 32.2. The summed E-state index contributed by atoms with van der Waals surface area (Å²) in [5.74, 6) is -3.03. The molecule has 0 bridgehead atoms. The van der Waals surface area contributed by atoms with E-state index in [1.54, 1.807) is 30.3 Å². The molecule has 214 valence electrons. The van der Waals surface area contributed by atoms with E-state index in [1.807, 2.05) is 55.5 Å². The van der Waals surface area contributed by atoms with Crippen molar-refractivity contribution in [2.75, 3.05) is 10.2 Å². The number of nitrogens with zero attached hydrogens (tertiary/aromatic N) is 2. The molecule has 7 rings (SSSR count). The van der Waals surface area contributed by atoms with Crippen LogP contribution in [0, 0.1) is 18.7 Å². The zero-order chi connectivity index (χ0) is 29.8. The summed E-state index contributed by atoms with van der Waals surface area (Å²) in [6.45, 7) is 1.66. The Morgan fingerprint density at radius 1 is 0.884 bits per heavy atom. The molecule has 0 aliphatic carbocycles. The van der Waals surface area contributed by atoms with E-state index in [0.29, 0.717) is 26.8 Å². The van der Waals surface area contributed by atoms with Crippen molar-refractivity contribution in [2.45, 2.75) is 29.7 Å². The molecule has 7 nitrogen and oxygen atoms in total. The standard InChI is InChI=1S/C33H24FN3O4S2/c1-18-9-15-22(16-10-18)37-30(39)27-26(20-11-13-21(34)14-12-20)29-32(42-28(27)31(37)40)36(33(41)43-29)17-25(38)35-24-8-4-6-19-5-2-3-7-23(19)24/h2-16,26-28H,17H2,1H3,(H,35,38)/t26-,27-,28+/m0/s1. The SMILES string of the molecule is Cc1ccc(N2C(=O)[C@H]3[C@H](c4ccc(F)cc4)c4sc(=O)n(CC(=O)Nc5cccc6ccccc56)c4S[C@H]3C2=O)cc1. The Morgan fingerprint density at radius 3 is 2.37 bits per heavy atom.